The fraction of sp³-hybridized carbons (Fsp3) is 0. The lowest BCUT2D eigenvalue weighted by Crippen LogP contribution is -1.95. The van der Waals surface area contributed by atoms with Crippen molar-refractivity contribution in [1.82, 2.24) is 0 Å². The van der Waals surface area contributed by atoms with Gasteiger partial charge in [0.25, 0.3) is 0 Å². The summed E-state index contributed by atoms with van der Waals surface area (Å²) in [6.07, 6.45) is 0. The Morgan fingerprint density at radius 2 is 0.970 bits per heavy atom. The maximum atomic E-state index is 15.3. The van der Waals surface area contributed by atoms with Crippen molar-refractivity contribution in [3.05, 3.63) is 133 Å². The van der Waals surface area contributed by atoms with Gasteiger partial charge in [-0.05, 0) is 68.1 Å². The summed E-state index contributed by atoms with van der Waals surface area (Å²) in [6.45, 7) is 0. The minimum absolute atomic E-state index is 0.214. The van der Waals surface area contributed by atoms with E-state index in [1.807, 2.05) is 42.5 Å². The minimum atomic E-state index is -0.214. The van der Waals surface area contributed by atoms with Crippen LogP contribution in [0.25, 0.3) is 54.9 Å². The van der Waals surface area contributed by atoms with Crippen LogP contribution >= 0.6 is 0 Å². The number of hydrogen-bond donors (Lipinski definition) is 0. The van der Waals surface area contributed by atoms with Gasteiger partial charge < -0.3 is 0 Å². The predicted octanol–water partition coefficient (Wildman–Crippen LogP) is 9.13. The van der Waals surface area contributed by atoms with Gasteiger partial charge in [0, 0.05) is 11.1 Å². The van der Waals surface area contributed by atoms with Crippen molar-refractivity contribution < 1.29 is 4.39 Å². The molecular weight excluding hydrogens is 403 g/mol. The molecule has 0 fully saturated rings. The van der Waals surface area contributed by atoms with Crippen LogP contribution in [0.3, 0.4) is 0 Å². The van der Waals surface area contributed by atoms with Gasteiger partial charge in [-0.15, -0.1) is 0 Å². The van der Waals surface area contributed by atoms with Gasteiger partial charge in [0.2, 0.25) is 0 Å². The van der Waals surface area contributed by atoms with E-state index in [0.717, 1.165) is 44.0 Å². The van der Waals surface area contributed by atoms with Crippen molar-refractivity contribution in [2.75, 3.05) is 0 Å². The van der Waals surface area contributed by atoms with Crippen molar-refractivity contribution in [3.63, 3.8) is 0 Å². The third-order valence-electron chi connectivity index (χ3n) is 6.30. The zero-order valence-electron chi connectivity index (χ0n) is 18.0. The standard InChI is InChI=1S/C32H21F/c33-30-18-10-9-17-27(30)32-29-20-25-16-8-7-15-24(25)19-26(29)21-28(22-11-3-1-4-12-22)31(32)23-13-5-2-6-14-23/h1-21H. The minimum Gasteiger partial charge on any atom is -0.206 e. The van der Waals surface area contributed by atoms with Crippen molar-refractivity contribution >= 4 is 21.5 Å². The van der Waals surface area contributed by atoms with Gasteiger partial charge in [-0.3, -0.25) is 0 Å². The number of halogens is 1. The topological polar surface area (TPSA) is 0 Å². The van der Waals surface area contributed by atoms with Crippen molar-refractivity contribution in [1.29, 1.82) is 0 Å². The molecule has 0 spiro atoms. The lowest BCUT2D eigenvalue weighted by Gasteiger charge is -2.20. The summed E-state index contributed by atoms with van der Waals surface area (Å²) in [4.78, 5) is 0. The first-order valence-electron chi connectivity index (χ1n) is 11.1. The summed E-state index contributed by atoms with van der Waals surface area (Å²) in [5.41, 5.74) is 5.89. The van der Waals surface area contributed by atoms with E-state index in [4.69, 9.17) is 0 Å². The molecule has 1 heteroatoms. The van der Waals surface area contributed by atoms with Crippen LogP contribution < -0.4 is 0 Å². The second kappa shape index (κ2) is 8.03. The van der Waals surface area contributed by atoms with E-state index in [9.17, 15) is 0 Å². The lowest BCUT2D eigenvalue weighted by atomic mass is 9.83. The normalized spacial score (nSPS) is 11.2. The molecule has 6 rings (SSSR count). The van der Waals surface area contributed by atoms with Gasteiger partial charge in [0.1, 0.15) is 5.82 Å². The molecule has 0 heterocycles. The Hall–Kier alpha value is -4.23. The molecule has 0 aromatic heterocycles. The molecule has 0 bridgehead atoms. The summed E-state index contributed by atoms with van der Waals surface area (Å²) in [5.74, 6) is -0.214. The molecule has 0 amide bonds. The van der Waals surface area contributed by atoms with E-state index in [1.165, 1.54) is 5.39 Å². The first-order chi connectivity index (χ1) is 16.3. The third-order valence-corrected chi connectivity index (χ3v) is 6.30. The van der Waals surface area contributed by atoms with E-state index in [0.29, 0.717) is 5.56 Å². The summed E-state index contributed by atoms with van der Waals surface area (Å²) < 4.78 is 15.3. The van der Waals surface area contributed by atoms with Crippen molar-refractivity contribution in [3.8, 4) is 33.4 Å². The zero-order chi connectivity index (χ0) is 22.2. The van der Waals surface area contributed by atoms with Crippen molar-refractivity contribution in [2.45, 2.75) is 0 Å². The van der Waals surface area contributed by atoms with E-state index in [1.54, 1.807) is 12.1 Å². The maximum Gasteiger partial charge on any atom is 0.131 e. The van der Waals surface area contributed by atoms with Crippen LogP contribution in [0.15, 0.2) is 127 Å². The molecule has 0 saturated heterocycles. The quantitative estimate of drug-likeness (QED) is 0.248. The van der Waals surface area contributed by atoms with E-state index in [2.05, 4.69) is 72.8 Å². The van der Waals surface area contributed by atoms with E-state index >= 15 is 4.39 Å². The highest BCUT2D eigenvalue weighted by Crippen LogP contribution is 2.46. The molecular formula is C32H21F. The van der Waals surface area contributed by atoms with Gasteiger partial charge in [0.05, 0.1) is 0 Å². The van der Waals surface area contributed by atoms with Crippen LogP contribution in [0.1, 0.15) is 0 Å². The molecule has 6 aromatic rings. The summed E-state index contributed by atoms with van der Waals surface area (Å²) >= 11 is 0. The Morgan fingerprint density at radius 1 is 0.394 bits per heavy atom. The molecule has 156 valence electrons. The summed E-state index contributed by atoms with van der Waals surface area (Å²) in [6, 6.07) is 42.8. The first-order valence-corrected chi connectivity index (χ1v) is 11.1. The second-order valence-corrected chi connectivity index (χ2v) is 8.31. The molecule has 0 aliphatic rings. The maximum absolute atomic E-state index is 15.3. The average molecular weight is 425 g/mol. The van der Waals surface area contributed by atoms with Gasteiger partial charge in [-0.25, -0.2) is 4.39 Å². The zero-order valence-corrected chi connectivity index (χ0v) is 18.0. The summed E-state index contributed by atoms with van der Waals surface area (Å²) in [5, 5.41) is 4.48. The molecule has 0 radical (unpaired) electrons. The Labute approximate surface area is 192 Å². The Balaban J connectivity index is 1.85. The molecule has 33 heavy (non-hydrogen) atoms. The van der Waals surface area contributed by atoms with Crippen LogP contribution in [0.5, 0.6) is 0 Å². The highest BCUT2D eigenvalue weighted by Gasteiger charge is 2.20. The molecule has 0 N–H and O–H groups in total. The predicted molar refractivity (Wildman–Crippen MR) is 138 cm³/mol. The highest BCUT2D eigenvalue weighted by atomic mass is 19.1. The molecule has 0 aliphatic carbocycles. The highest BCUT2D eigenvalue weighted by molar-refractivity contribution is 6.13. The largest absolute Gasteiger partial charge is 0.206 e. The molecule has 0 saturated carbocycles. The summed E-state index contributed by atoms with van der Waals surface area (Å²) in [7, 11) is 0. The molecule has 0 nitrogen and oxygen atoms in total. The molecule has 0 unspecified atom stereocenters. The Bertz CT molecular complexity index is 1600. The third kappa shape index (κ3) is 3.39. The van der Waals surface area contributed by atoms with Gasteiger partial charge in [-0.2, -0.15) is 0 Å². The Morgan fingerprint density at radius 3 is 1.67 bits per heavy atom. The van der Waals surface area contributed by atoms with Crippen LogP contribution in [0.2, 0.25) is 0 Å². The van der Waals surface area contributed by atoms with Crippen LogP contribution in [0.4, 0.5) is 4.39 Å². The fourth-order valence-corrected chi connectivity index (χ4v) is 4.78. The van der Waals surface area contributed by atoms with Gasteiger partial charge in [-0.1, -0.05) is 103 Å². The molecule has 6 aromatic carbocycles. The van der Waals surface area contributed by atoms with Crippen LogP contribution in [0, 0.1) is 5.82 Å². The van der Waals surface area contributed by atoms with Crippen molar-refractivity contribution in [2.24, 2.45) is 0 Å². The molecule has 0 aliphatic heterocycles. The molecule has 0 atom stereocenters. The smallest absolute Gasteiger partial charge is 0.131 e. The van der Waals surface area contributed by atoms with Crippen LogP contribution in [-0.4, -0.2) is 0 Å². The fourth-order valence-electron chi connectivity index (χ4n) is 4.78. The number of fused-ring (bicyclic) bond motifs is 2. The number of hydrogen-bond acceptors (Lipinski definition) is 0. The number of rotatable bonds is 3. The SMILES string of the molecule is Fc1ccccc1-c1c(-c2ccccc2)c(-c2ccccc2)cc2cc3ccccc3cc12. The van der Waals surface area contributed by atoms with E-state index in [-0.39, 0.29) is 5.82 Å². The second-order valence-electron chi connectivity index (χ2n) is 8.31. The average Bonchev–Trinajstić information content (AvgIpc) is 2.88. The monoisotopic (exact) mass is 424 g/mol. The van der Waals surface area contributed by atoms with E-state index < -0.39 is 0 Å². The number of benzene rings is 6. The van der Waals surface area contributed by atoms with Gasteiger partial charge in [0.15, 0.2) is 0 Å². The van der Waals surface area contributed by atoms with Gasteiger partial charge >= 0.3 is 0 Å². The first kappa shape index (κ1) is 19.5. The van der Waals surface area contributed by atoms with Crippen LogP contribution in [-0.2, 0) is 0 Å². The Kier molecular flexibility index (Phi) is 4.74. The lowest BCUT2D eigenvalue weighted by molar-refractivity contribution is 0.631.